The Morgan fingerprint density at radius 2 is 2.27 bits per heavy atom. The van der Waals surface area contributed by atoms with E-state index in [-0.39, 0.29) is 12.4 Å². The molecular weight excluding hydrogens is 192 g/mol. The molecule has 1 rings (SSSR count). The molecule has 1 aromatic rings. The third kappa shape index (κ3) is 2.47. The number of nitrogen functional groups attached to an aromatic ring is 1. The van der Waals surface area contributed by atoms with Crippen LogP contribution in [0, 0.1) is 18.3 Å². The first-order valence-corrected chi connectivity index (χ1v) is 4.44. The van der Waals surface area contributed by atoms with Crippen molar-refractivity contribution in [2.24, 2.45) is 0 Å². The molecule has 0 bridgehead atoms. The Balaban J connectivity index is 3.09. The molecule has 0 saturated heterocycles. The van der Waals surface area contributed by atoms with E-state index in [9.17, 15) is 4.79 Å². The van der Waals surface area contributed by atoms with Gasteiger partial charge in [-0.2, -0.15) is 5.26 Å². The van der Waals surface area contributed by atoms with Gasteiger partial charge in [0.05, 0.1) is 25.2 Å². The van der Waals surface area contributed by atoms with E-state index in [0.29, 0.717) is 16.8 Å². The van der Waals surface area contributed by atoms with Crippen LogP contribution in [-0.2, 0) is 16.0 Å². The summed E-state index contributed by atoms with van der Waals surface area (Å²) in [5.41, 5.74) is 8.21. The van der Waals surface area contributed by atoms with Crippen molar-refractivity contribution in [1.82, 2.24) is 0 Å². The van der Waals surface area contributed by atoms with Crippen LogP contribution in [0.5, 0.6) is 0 Å². The third-order valence-electron chi connectivity index (χ3n) is 2.17. The standard InChI is InChI=1S/C11H12N2O2/c1-7-3-10(13)8(4-9(7)6-12)5-11(14)15-2/h3-4H,5,13H2,1-2H3. The van der Waals surface area contributed by atoms with Crippen LogP contribution in [0.25, 0.3) is 0 Å². The lowest BCUT2D eigenvalue weighted by Gasteiger charge is -2.07. The summed E-state index contributed by atoms with van der Waals surface area (Å²) in [5, 5.41) is 8.82. The van der Waals surface area contributed by atoms with Gasteiger partial charge < -0.3 is 10.5 Å². The minimum atomic E-state index is -0.366. The van der Waals surface area contributed by atoms with E-state index in [0.717, 1.165) is 5.56 Å². The molecule has 4 heteroatoms. The number of carbonyl (C=O) groups is 1. The Labute approximate surface area is 88.3 Å². The van der Waals surface area contributed by atoms with E-state index in [4.69, 9.17) is 11.0 Å². The van der Waals surface area contributed by atoms with Crippen molar-refractivity contribution in [2.45, 2.75) is 13.3 Å². The fraction of sp³-hybridized carbons (Fsp3) is 0.273. The van der Waals surface area contributed by atoms with Crippen molar-refractivity contribution in [3.63, 3.8) is 0 Å². The highest BCUT2D eigenvalue weighted by Gasteiger charge is 2.09. The van der Waals surface area contributed by atoms with Gasteiger partial charge in [-0.05, 0) is 30.2 Å². The van der Waals surface area contributed by atoms with E-state index >= 15 is 0 Å². The number of nitrogens with two attached hydrogens (primary N) is 1. The number of aryl methyl sites for hydroxylation is 1. The van der Waals surface area contributed by atoms with Gasteiger partial charge in [0.25, 0.3) is 0 Å². The number of nitrogens with zero attached hydrogens (tertiary/aromatic N) is 1. The van der Waals surface area contributed by atoms with E-state index in [1.54, 1.807) is 19.1 Å². The van der Waals surface area contributed by atoms with Gasteiger partial charge in [-0.1, -0.05) is 0 Å². The Morgan fingerprint density at radius 1 is 1.60 bits per heavy atom. The van der Waals surface area contributed by atoms with Crippen molar-refractivity contribution >= 4 is 11.7 Å². The number of esters is 1. The Hall–Kier alpha value is -2.02. The van der Waals surface area contributed by atoms with E-state index < -0.39 is 0 Å². The number of benzene rings is 1. The SMILES string of the molecule is COC(=O)Cc1cc(C#N)c(C)cc1N. The summed E-state index contributed by atoms with van der Waals surface area (Å²) in [7, 11) is 1.32. The van der Waals surface area contributed by atoms with Gasteiger partial charge in [-0.3, -0.25) is 4.79 Å². The number of nitriles is 1. The van der Waals surface area contributed by atoms with Gasteiger partial charge in [-0.15, -0.1) is 0 Å². The molecule has 0 aliphatic carbocycles. The van der Waals surface area contributed by atoms with Gasteiger partial charge in [-0.25, -0.2) is 0 Å². The van der Waals surface area contributed by atoms with Crippen molar-refractivity contribution in [3.05, 3.63) is 28.8 Å². The molecule has 0 aromatic heterocycles. The van der Waals surface area contributed by atoms with Gasteiger partial charge >= 0.3 is 5.97 Å². The second-order valence-electron chi connectivity index (χ2n) is 3.23. The van der Waals surface area contributed by atoms with Crippen LogP contribution in [0.1, 0.15) is 16.7 Å². The van der Waals surface area contributed by atoms with Crippen LogP contribution in [0.15, 0.2) is 12.1 Å². The normalized spacial score (nSPS) is 9.40. The molecule has 0 fully saturated rings. The van der Waals surface area contributed by atoms with Crippen molar-refractivity contribution < 1.29 is 9.53 Å². The maximum atomic E-state index is 11.1. The molecule has 0 aliphatic heterocycles. The predicted octanol–water partition coefficient (Wildman–Crippen LogP) is 1.16. The first-order valence-electron chi connectivity index (χ1n) is 4.44. The number of methoxy groups -OCH3 is 1. The predicted molar refractivity (Wildman–Crippen MR) is 56.0 cm³/mol. The second kappa shape index (κ2) is 4.47. The molecule has 0 heterocycles. The van der Waals surface area contributed by atoms with Crippen LogP contribution in [-0.4, -0.2) is 13.1 Å². The molecular formula is C11H12N2O2. The fourth-order valence-electron chi connectivity index (χ4n) is 1.28. The van der Waals surface area contributed by atoms with Crippen LogP contribution in [0.3, 0.4) is 0 Å². The molecule has 0 amide bonds. The smallest absolute Gasteiger partial charge is 0.310 e. The first-order chi connectivity index (χ1) is 7.08. The zero-order valence-corrected chi connectivity index (χ0v) is 8.70. The Morgan fingerprint density at radius 3 is 2.80 bits per heavy atom. The number of hydrogen-bond acceptors (Lipinski definition) is 4. The maximum absolute atomic E-state index is 11.1. The van der Waals surface area contributed by atoms with Crippen molar-refractivity contribution in [3.8, 4) is 6.07 Å². The van der Waals surface area contributed by atoms with Crippen molar-refractivity contribution in [2.75, 3.05) is 12.8 Å². The lowest BCUT2D eigenvalue weighted by Crippen LogP contribution is -2.07. The summed E-state index contributed by atoms with van der Waals surface area (Å²) >= 11 is 0. The van der Waals surface area contributed by atoms with Gasteiger partial charge in [0, 0.05) is 5.69 Å². The lowest BCUT2D eigenvalue weighted by molar-refractivity contribution is -0.139. The molecule has 2 N–H and O–H groups in total. The van der Waals surface area contributed by atoms with Crippen LogP contribution in [0.2, 0.25) is 0 Å². The molecule has 4 nitrogen and oxygen atoms in total. The highest BCUT2D eigenvalue weighted by Crippen LogP contribution is 2.18. The summed E-state index contributed by atoms with van der Waals surface area (Å²) in [6, 6.07) is 5.36. The van der Waals surface area contributed by atoms with Gasteiger partial charge in [0.2, 0.25) is 0 Å². The quantitative estimate of drug-likeness (QED) is 0.579. The van der Waals surface area contributed by atoms with Gasteiger partial charge in [0.15, 0.2) is 0 Å². The average molecular weight is 204 g/mol. The minimum absolute atomic E-state index is 0.0945. The number of ether oxygens (including phenoxy) is 1. The Kier molecular flexibility index (Phi) is 3.29. The molecule has 15 heavy (non-hydrogen) atoms. The lowest BCUT2D eigenvalue weighted by atomic mass is 10.0. The minimum Gasteiger partial charge on any atom is -0.469 e. The number of rotatable bonds is 2. The largest absolute Gasteiger partial charge is 0.469 e. The Bertz CT molecular complexity index is 433. The molecule has 1 aromatic carbocycles. The summed E-state index contributed by atoms with van der Waals surface area (Å²) in [6.07, 6.45) is 0.0945. The maximum Gasteiger partial charge on any atom is 0.310 e. The molecule has 0 saturated carbocycles. The number of hydrogen-bond donors (Lipinski definition) is 1. The fourth-order valence-corrected chi connectivity index (χ4v) is 1.28. The monoisotopic (exact) mass is 204 g/mol. The van der Waals surface area contributed by atoms with Crippen LogP contribution >= 0.6 is 0 Å². The molecule has 0 aliphatic rings. The van der Waals surface area contributed by atoms with E-state index in [2.05, 4.69) is 4.74 Å². The number of carbonyl (C=O) groups excluding carboxylic acids is 1. The molecule has 0 atom stereocenters. The van der Waals surface area contributed by atoms with Gasteiger partial charge in [0.1, 0.15) is 0 Å². The van der Waals surface area contributed by atoms with E-state index in [1.807, 2.05) is 6.07 Å². The van der Waals surface area contributed by atoms with E-state index in [1.165, 1.54) is 7.11 Å². The van der Waals surface area contributed by atoms with Crippen LogP contribution in [0.4, 0.5) is 5.69 Å². The summed E-state index contributed by atoms with van der Waals surface area (Å²) in [6.45, 7) is 1.80. The van der Waals surface area contributed by atoms with Crippen molar-refractivity contribution in [1.29, 1.82) is 5.26 Å². The summed E-state index contributed by atoms with van der Waals surface area (Å²) < 4.78 is 4.54. The molecule has 0 spiro atoms. The highest BCUT2D eigenvalue weighted by atomic mass is 16.5. The van der Waals surface area contributed by atoms with Crippen LogP contribution < -0.4 is 5.73 Å². The zero-order chi connectivity index (χ0) is 11.4. The first kappa shape index (κ1) is 11.1. The highest BCUT2D eigenvalue weighted by molar-refractivity contribution is 5.75. The summed E-state index contributed by atoms with van der Waals surface area (Å²) in [4.78, 5) is 11.1. The second-order valence-corrected chi connectivity index (χ2v) is 3.23. The number of anilines is 1. The average Bonchev–Trinajstić information content (AvgIpc) is 2.21. The molecule has 78 valence electrons. The molecule has 0 unspecified atom stereocenters. The zero-order valence-electron chi connectivity index (χ0n) is 8.70. The topological polar surface area (TPSA) is 76.1 Å². The molecule has 0 radical (unpaired) electrons. The summed E-state index contributed by atoms with van der Waals surface area (Å²) in [5.74, 6) is -0.366. The third-order valence-corrected chi connectivity index (χ3v) is 2.17.